The van der Waals surface area contributed by atoms with Crippen molar-refractivity contribution in [1.82, 2.24) is 29.6 Å². The Morgan fingerprint density at radius 3 is 3.04 bits per heavy atom. The van der Waals surface area contributed by atoms with Crippen molar-refractivity contribution >= 4 is 23.1 Å². The van der Waals surface area contributed by atoms with Crippen LogP contribution >= 0.6 is 11.3 Å². The lowest BCUT2D eigenvalue weighted by atomic mass is 10.2. The Balaban J connectivity index is 1.50. The molecule has 1 N–H and O–H groups in total. The molecule has 0 atom stereocenters. The number of thiazole rings is 1. The van der Waals surface area contributed by atoms with Crippen molar-refractivity contribution in [2.45, 2.75) is 19.9 Å². The number of fused-ring (bicyclic) bond motifs is 1. The van der Waals surface area contributed by atoms with Crippen LogP contribution in [-0.2, 0) is 13.0 Å². The molecular weight excluding hydrogens is 338 g/mol. The molecule has 1 amide bonds. The van der Waals surface area contributed by atoms with Crippen LogP contribution in [0.1, 0.15) is 26.2 Å². The minimum Gasteiger partial charge on any atom is -0.303 e. The van der Waals surface area contributed by atoms with E-state index in [1.165, 1.54) is 16.2 Å². The fraction of sp³-hybridized carbons (Fsp3) is 0.312. The summed E-state index contributed by atoms with van der Waals surface area (Å²) in [5, 5.41) is 7.63. The lowest BCUT2D eigenvalue weighted by molar-refractivity contribution is 0.102. The number of aromatic nitrogens is 5. The van der Waals surface area contributed by atoms with Crippen LogP contribution in [0.4, 0.5) is 5.82 Å². The second kappa shape index (κ2) is 6.34. The summed E-state index contributed by atoms with van der Waals surface area (Å²) in [4.78, 5) is 28.7. The summed E-state index contributed by atoms with van der Waals surface area (Å²) >= 11 is 1.45. The molecule has 3 aromatic rings. The Morgan fingerprint density at radius 1 is 1.32 bits per heavy atom. The Bertz CT molecular complexity index is 932. The van der Waals surface area contributed by atoms with Gasteiger partial charge in [0.1, 0.15) is 5.82 Å². The van der Waals surface area contributed by atoms with E-state index in [9.17, 15) is 4.79 Å². The van der Waals surface area contributed by atoms with E-state index >= 15 is 0 Å². The number of hydrogen-bond acceptors (Lipinski definition) is 7. The van der Waals surface area contributed by atoms with Gasteiger partial charge in [-0.2, -0.15) is 0 Å². The van der Waals surface area contributed by atoms with Crippen LogP contribution in [0, 0.1) is 6.92 Å². The van der Waals surface area contributed by atoms with Gasteiger partial charge in [-0.15, -0.1) is 16.4 Å². The van der Waals surface area contributed by atoms with Crippen molar-refractivity contribution in [2.24, 2.45) is 0 Å². The van der Waals surface area contributed by atoms with Gasteiger partial charge in [0.15, 0.2) is 16.6 Å². The number of hydrogen-bond donors (Lipinski definition) is 1. The maximum Gasteiger partial charge on any atom is 0.285 e. The first kappa shape index (κ1) is 15.9. The van der Waals surface area contributed by atoms with Crippen LogP contribution in [0.3, 0.4) is 0 Å². The summed E-state index contributed by atoms with van der Waals surface area (Å²) in [5.41, 5.74) is 1.04. The molecule has 25 heavy (non-hydrogen) atoms. The number of carbonyl (C=O) groups excluding carboxylic acids is 1. The van der Waals surface area contributed by atoms with Crippen LogP contribution in [0.15, 0.2) is 24.5 Å². The number of anilines is 1. The zero-order chi connectivity index (χ0) is 17.4. The molecule has 0 fully saturated rings. The third-order valence-electron chi connectivity index (χ3n) is 3.94. The molecule has 0 aromatic carbocycles. The van der Waals surface area contributed by atoms with E-state index in [-0.39, 0.29) is 5.91 Å². The van der Waals surface area contributed by atoms with E-state index in [0.29, 0.717) is 22.5 Å². The van der Waals surface area contributed by atoms with E-state index < -0.39 is 0 Å². The Kier molecular flexibility index (Phi) is 4.02. The number of carbonyl (C=O) groups is 1. The van der Waals surface area contributed by atoms with Gasteiger partial charge in [0.25, 0.3) is 5.91 Å². The molecule has 0 unspecified atom stereocenters. The van der Waals surface area contributed by atoms with Crippen molar-refractivity contribution in [2.75, 3.05) is 18.9 Å². The Labute approximate surface area is 148 Å². The fourth-order valence-corrected chi connectivity index (χ4v) is 3.76. The minimum absolute atomic E-state index is 0.230. The minimum atomic E-state index is -0.230. The summed E-state index contributed by atoms with van der Waals surface area (Å²) in [6, 6.07) is 3.49. The highest BCUT2D eigenvalue weighted by molar-refractivity contribution is 7.13. The highest BCUT2D eigenvalue weighted by Gasteiger charge is 2.21. The van der Waals surface area contributed by atoms with Gasteiger partial charge < -0.3 is 10.2 Å². The molecular formula is C16H17N7OS. The molecule has 9 heteroatoms. The van der Waals surface area contributed by atoms with Crippen molar-refractivity contribution in [3.05, 3.63) is 45.9 Å². The van der Waals surface area contributed by atoms with Crippen molar-refractivity contribution in [1.29, 1.82) is 0 Å². The van der Waals surface area contributed by atoms with Crippen LogP contribution < -0.4 is 5.32 Å². The summed E-state index contributed by atoms with van der Waals surface area (Å²) in [6.07, 6.45) is 4.31. The van der Waals surface area contributed by atoms with Gasteiger partial charge >= 0.3 is 0 Å². The van der Waals surface area contributed by atoms with Gasteiger partial charge in [-0.05, 0) is 14.0 Å². The van der Waals surface area contributed by atoms with E-state index in [4.69, 9.17) is 0 Å². The van der Waals surface area contributed by atoms with E-state index in [1.807, 2.05) is 6.92 Å². The monoisotopic (exact) mass is 355 g/mol. The molecule has 0 aliphatic carbocycles. The van der Waals surface area contributed by atoms with Gasteiger partial charge in [-0.25, -0.2) is 19.6 Å². The molecule has 0 radical (unpaired) electrons. The number of rotatable bonds is 3. The first-order chi connectivity index (χ1) is 12.1. The van der Waals surface area contributed by atoms with Gasteiger partial charge in [0, 0.05) is 48.9 Å². The van der Waals surface area contributed by atoms with Gasteiger partial charge in [-0.3, -0.25) is 4.79 Å². The largest absolute Gasteiger partial charge is 0.303 e. The zero-order valence-corrected chi connectivity index (χ0v) is 14.7. The number of nitrogens with one attached hydrogen (secondary N) is 1. The third-order valence-corrected chi connectivity index (χ3v) is 5.02. The topological polar surface area (TPSA) is 88.8 Å². The maximum absolute atomic E-state index is 12.5. The summed E-state index contributed by atoms with van der Waals surface area (Å²) < 4.78 is 1.60. The SMILES string of the molecule is Cc1nccc(-n2ccc(NC(=O)c3nc4c(s3)CN(C)CC4)n2)n1. The lowest BCUT2D eigenvalue weighted by Crippen LogP contribution is -2.25. The van der Waals surface area contributed by atoms with E-state index in [2.05, 4.69) is 37.3 Å². The zero-order valence-electron chi connectivity index (χ0n) is 13.9. The number of likely N-dealkylation sites (N-methyl/N-ethyl adjacent to an activating group) is 1. The highest BCUT2D eigenvalue weighted by Crippen LogP contribution is 2.25. The normalized spacial score (nSPS) is 14.3. The van der Waals surface area contributed by atoms with Crippen LogP contribution in [-0.4, -0.2) is 49.1 Å². The van der Waals surface area contributed by atoms with Crippen molar-refractivity contribution in [3.8, 4) is 5.82 Å². The molecule has 8 nitrogen and oxygen atoms in total. The number of amides is 1. The summed E-state index contributed by atoms with van der Waals surface area (Å²) in [6.45, 7) is 3.64. The van der Waals surface area contributed by atoms with Crippen LogP contribution in [0.2, 0.25) is 0 Å². The summed E-state index contributed by atoms with van der Waals surface area (Å²) in [5.74, 6) is 1.55. The molecule has 0 saturated heterocycles. The van der Waals surface area contributed by atoms with Crippen LogP contribution in [0.5, 0.6) is 0 Å². The molecule has 0 bridgehead atoms. The van der Waals surface area contributed by atoms with Gasteiger partial charge in [0.05, 0.1) is 5.69 Å². The predicted octanol–water partition coefficient (Wildman–Crippen LogP) is 1.67. The molecule has 1 aliphatic heterocycles. The molecule has 128 valence electrons. The molecule has 4 rings (SSSR count). The second-order valence-electron chi connectivity index (χ2n) is 5.94. The smallest absolute Gasteiger partial charge is 0.285 e. The molecule has 3 aromatic heterocycles. The number of aryl methyl sites for hydroxylation is 1. The van der Waals surface area contributed by atoms with E-state index in [0.717, 1.165) is 25.2 Å². The average molecular weight is 355 g/mol. The lowest BCUT2D eigenvalue weighted by Gasteiger charge is -2.20. The van der Waals surface area contributed by atoms with Crippen LogP contribution in [0.25, 0.3) is 5.82 Å². The quantitative estimate of drug-likeness (QED) is 0.769. The van der Waals surface area contributed by atoms with Crippen molar-refractivity contribution < 1.29 is 4.79 Å². The Hall–Kier alpha value is -2.65. The first-order valence-electron chi connectivity index (χ1n) is 7.92. The molecule has 0 saturated carbocycles. The fourth-order valence-electron chi connectivity index (χ4n) is 2.68. The predicted molar refractivity (Wildman–Crippen MR) is 94.0 cm³/mol. The maximum atomic E-state index is 12.5. The second-order valence-corrected chi connectivity index (χ2v) is 7.02. The summed E-state index contributed by atoms with van der Waals surface area (Å²) in [7, 11) is 2.07. The average Bonchev–Trinajstić information content (AvgIpc) is 3.21. The molecule has 4 heterocycles. The third kappa shape index (κ3) is 3.28. The van der Waals surface area contributed by atoms with Gasteiger partial charge in [0.2, 0.25) is 0 Å². The van der Waals surface area contributed by atoms with Crippen molar-refractivity contribution in [3.63, 3.8) is 0 Å². The molecule has 1 aliphatic rings. The first-order valence-corrected chi connectivity index (χ1v) is 8.74. The highest BCUT2D eigenvalue weighted by atomic mass is 32.1. The van der Waals surface area contributed by atoms with Gasteiger partial charge in [-0.1, -0.05) is 0 Å². The molecule has 0 spiro atoms. The van der Waals surface area contributed by atoms with E-state index in [1.54, 1.807) is 29.2 Å². The Morgan fingerprint density at radius 2 is 2.20 bits per heavy atom. The number of nitrogens with zero attached hydrogens (tertiary/aromatic N) is 6. The standard InChI is InChI=1S/C16H17N7OS/c1-10-17-6-3-14(18-10)23-8-5-13(21-23)20-15(24)16-19-11-4-7-22(2)9-12(11)25-16/h3,5-6,8H,4,7,9H2,1-2H3,(H,20,21,24).